The van der Waals surface area contributed by atoms with E-state index in [1.165, 1.54) is 151 Å². The highest BCUT2D eigenvalue weighted by Crippen LogP contribution is 2.43. The maximum absolute atomic E-state index is 6.08. The Morgan fingerprint density at radius 3 is 1.23 bits per heavy atom. The summed E-state index contributed by atoms with van der Waals surface area (Å²) in [5.41, 5.74) is 20.3. The molecule has 0 bridgehead atoms. The minimum absolute atomic E-state index is 0.719. The van der Waals surface area contributed by atoms with Gasteiger partial charge in [-0.05, 0) is 174 Å². The fourth-order valence-corrected chi connectivity index (χ4v) is 22.2. The topological polar surface area (TPSA) is 91.0 Å². The molecule has 26 aromatic rings. The zero-order valence-corrected chi connectivity index (χ0v) is 73.8. The molecule has 0 N–H and O–H groups in total. The average molecular weight is 1690 g/mol. The van der Waals surface area contributed by atoms with Crippen molar-refractivity contribution in [1.29, 1.82) is 0 Å². The Morgan fingerprint density at radius 2 is 0.613 bits per heavy atom. The summed E-state index contributed by atoms with van der Waals surface area (Å²) in [5, 5.41) is 20.5. The van der Waals surface area contributed by atoms with Crippen LogP contribution in [-0.2, 0) is 0 Å². The molecule has 0 atom stereocenters. The molecule has 0 saturated heterocycles. The van der Waals surface area contributed by atoms with E-state index in [4.69, 9.17) is 13.3 Å². The molecule has 124 heavy (non-hydrogen) atoms. The molecule has 14 aromatic carbocycles. The normalized spacial score (nSPS) is 11.2. The number of hydrogen-bond acceptors (Lipinski definition) is 12. The molecule has 0 amide bonds. The molecule has 0 aliphatic rings. The lowest BCUT2D eigenvalue weighted by molar-refractivity contribution is 0.651. The standard InChI is InChI=1S/C19H14O.C19H14S.2C13H10S.2C12H9NO.2C12H9NS/c2*1-13-6-4-7-14(12-13)15-9-5-10-17-16-8-2-3-11-18(16)20-19(15)17;1-9-5-4-7-11-10-6-2-3-8-12(10)14-13(9)11;1-9-6-7-13-11(8-9)10-4-2-3-5-12(10)14-13;1-8-4-2-5-9-10-6-3-7-13-12(10)14-11(8)9;1-8-12-10(6-7-13-8)9-4-2-3-5-11(9)14-12;1-8-4-2-5-9-10-6-3-7-13-12(10)14-11(8)9;1-8-12-10(6-7-13-8)9-4-2-3-5-11(9)14-12/h2*2-12H,1H3;2*2-8H,1H3;4*2-7H,1H3. The minimum atomic E-state index is 0.719. The maximum atomic E-state index is 6.08. The summed E-state index contributed by atoms with van der Waals surface area (Å²) in [4.78, 5) is 18.2. The van der Waals surface area contributed by atoms with Gasteiger partial charge in [0.25, 0.3) is 0 Å². The number of furan rings is 3. The van der Waals surface area contributed by atoms with Crippen molar-refractivity contribution in [2.24, 2.45) is 0 Å². The number of benzene rings is 14. The number of thiophene rings is 5. The third kappa shape index (κ3) is 16.2. The highest BCUT2D eigenvalue weighted by atomic mass is 32.1. The van der Waals surface area contributed by atoms with Crippen LogP contribution in [0.2, 0.25) is 0 Å². The first-order valence-corrected chi connectivity index (χ1v) is 45.5. The van der Waals surface area contributed by atoms with Gasteiger partial charge in [0.15, 0.2) is 5.58 Å². The first-order valence-electron chi connectivity index (χ1n) is 41.4. The van der Waals surface area contributed by atoms with E-state index < -0.39 is 0 Å². The zero-order valence-electron chi connectivity index (χ0n) is 69.7. The van der Waals surface area contributed by atoms with Crippen LogP contribution in [0.25, 0.3) is 189 Å². The number of pyridine rings is 4. The molecule has 0 fully saturated rings. The van der Waals surface area contributed by atoms with Gasteiger partial charge in [0.1, 0.15) is 27.2 Å². The Bertz CT molecular complexity index is 7590. The van der Waals surface area contributed by atoms with Gasteiger partial charge in [-0.2, -0.15) is 0 Å². The molecule has 600 valence electrons. The number of fused-ring (bicyclic) bond motifs is 24. The van der Waals surface area contributed by atoms with Crippen molar-refractivity contribution in [3.63, 3.8) is 0 Å². The number of hydrogen-bond donors (Lipinski definition) is 0. The van der Waals surface area contributed by atoms with Crippen LogP contribution in [0.4, 0.5) is 0 Å². The molecular formula is C112H84N4O3S5. The molecule has 0 aliphatic carbocycles. The second-order valence-corrected chi connectivity index (χ2v) is 36.2. The second-order valence-electron chi connectivity index (χ2n) is 31.0. The Labute approximate surface area is 737 Å². The monoisotopic (exact) mass is 1690 g/mol. The average Bonchev–Trinajstić information content (AvgIpc) is 1.60. The van der Waals surface area contributed by atoms with E-state index >= 15 is 0 Å². The van der Waals surface area contributed by atoms with E-state index in [-0.39, 0.29) is 0 Å². The SMILES string of the molecule is Cc1ccc2sc3ccccc3c2c1.Cc1cccc(-c2cccc3c2oc2ccccc23)c1.Cc1cccc(-c2cccc3c2sc2ccccc23)c1.Cc1cccc2c1oc1ncccc12.Cc1cccc2c1sc1ccccc12.Cc1cccc2c1sc1ncccc12.Cc1nccc2c1oc1ccccc12.Cc1nccc2c1sc1ccccc12. The number of nitrogens with zero attached hydrogens (tertiary/aromatic N) is 4. The van der Waals surface area contributed by atoms with Crippen LogP contribution >= 0.6 is 56.7 Å². The summed E-state index contributed by atoms with van der Waals surface area (Å²) in [6.07, 6.45) is 7.31. The van der Waals surface area contributed by atoms with E-state index in [0.29, 0.717) is 0 Å². The lowest BCUT2D eigenvalue weighted by Gasteiger charge is -2.04. The van der Waals surface area contributed by atoms with Gasteiger partial charge >= 0.3 is 0 Å². The lowest BCUT2D eigenvalue weighted by Crippen LogP contribution is -1.80. The van der Waals surface area contributed by atoms with E-state index in [0.717, 1.165) is 82.5 Å². The predicted octanol–water partition coefficient (Wildman–Crippen LogP) is 34.4. The van der Waals surface area contributed by atoms with E-state index in [9.17, 15) is 0 Å². The van der Waals surface area contributed by atoms with Gasteiger partial charge < -0.3 is 13.3 Å². The van der Waals surface area contributed by atoms with Crippen molar-refractivity contribution in [2.45, 2.75) is 55.4 Å². The highest BCUT2D eigenvalue weighted by Gasteiger charge is 2.16. The van der Waals surface area contributed by atoms with Gasteiger partial charge in [0, 0.05) is 154 Å². The molecule has 0 aliphatic heterocycles. The van der Waals surface area contributed by atoms with Gasteiger partial charge in [-0.25, -0.2) is 9.97 Å². The minimum Gasteiger partial charge on any atom is -0.455 e. The largest absolute Gasteiger partial charge is 0.455 e. The van der Waals surface area contributed by atoms with Crippen LogP contribution in [-0.4, -0.2) is 19.9 Å². The van der Waals surface area contributed by atoms with Crippen molar-refractivity contribution >= 4 is 224 Å². The van der Waals surface area contributed by atoms with Crippen molar-refractivity contribution in [3.8, 4) is 22.3 Å². The van der Waals surface area contributed by atoms with Gasteiger partial charge in [-0.3, -0.25) is 9.97 Å². The Morgan fingerprint density at radius 1 is 0.210 bits per heavy atom. The smallest absolute Gasteiger partial charge is 0.227 e. The van der Waals surface area contributed by atoms with Crippen molar-refractivity contribution in [3.05, 3.63) is 409 Å². The highest BCUT2D eigenvalue weighted by molar-refractivity contribution is 7.27. The fraction of sp³-hybridized carbons (Fsp3) is 0.0714. The molecule has 12 heterocycles. The van der Waals surface area contributed by atoms with Crippen LogP contribution in [0.5, 0.6) is 0 Å². The number of rotatable bonds is 2. The molecule has 0 saturated carbocycles. The van der Waals surface area contributed by atoms with Crippen LogP contribution in [0.1, 0.15) is 44.8 Å². The summed E-state index contributed by atoms with van der Waals surface area (Å²) in [6, 6.07) is 119. The van der Waals surface area contributed by atoms with Gasteiger partial charge in [-0.15, -0.1) is 56.7 Å². The van der Waals surface area contributed by atoms with Crippen molar-refractivity contribution < 1.29 is 13.3 Å². The zero-order chi connectivity index (χ0) is 84.3. The molecular weight excluding hydrogens is 1610 g/mol. The number of para-hydroxylation sites is 4. The van der Waals surface area contributed by atoms with Crippen LogP contribution in [0, 0.1) is 55.4 Å². The van der Waals surface area contributed by atoms with Crippen LogP contribution in [0.3, 0.4) is 0 Å². The lowest BCUT2D eigenvalue weighted by atomic mass is 10.0. The predicted molar refractivity (Wildman–Crippen MR) is 538 cm³/mol. The van der Waals surface area contributed by atoms with Gasteiger partial charge in [-0.1, -0.05) is 271 Å². The van der Waals surface area contributed by atoms with E-state index in [1.54, 1.807) is 17.5 Å². The molecule has 26 rings (SSSR count). The fourth-order valence-electron chi connectivity index (χ4n) is 16.4. The Balaban J connectivity index is 0.0000000934. The number of aromatic nitrogens is 4. The molecule has 0 unspecified atom stereocenters. The maximum Gasteiger partial charge on any atom is 0.227 e. The molecule has 0 spiro atoms. The van der Waals surface area contributed by atoms with E-state index in [1.807, 2.05) is 145 Å². The summed E-state index contributed by atoms with van der Waals surface area (Å²) < 4.78 is 29.8. The van der Waals surface area contributed by atoms with Crippen LogP contribution < -0.4 is 0 Å². The van der Waals surface area contributed by atoms with Crippen LogP contribution in [0.15, 0.2) is 378 Å². The number of aryl methyl sites for hydroxylation is 8. The Hall–Kier alpha value is -13.8. The van der Waals surface area contributed by atoms with Crippen molar-refractivity contribution in [1.82, 2.24) is 19.9 Å². The first kappa shape index (κ1) is 79.9. The summed E-state index contributed by atoms with van der Waals surface area (Å²) in [5.74, 6) is 0. The van der Waals surface area contributed by atoms with Gasteiger partial charge in [0.2, 0.25) is 5.71 Å². The summed E-state index contributed by atoms with van der Waals surface area (Å²) in [7, 11) is 0. The summed E-state index contributed by atoms with van der Waals surface area (Å²) >= 11 is 9.25. The molecule has 7 nitrogen and oxygen atoms in total. The second kappa shape index (κ2) is 35.3. The van der Waals surface area contributed by atoms with Crippen molar-refractivity contribution in [2.75, 3.05) is 0 Å². The quantitative estimate of drug-likeness (QED) is 0.170. The molecule has 0 radical (unpaired) electrons. The van der Waals surface area contributed by atoms with Gasteiger partial charge in [0.05, 0.1) is 16.1 Å². The van der Waals surface area contributed by atoms with E-state index in [2.05, 4.69) is 334 Å². The molecule has 12 heteroatoms. The molecule has 12 aromatic heterocycles. The third-order valence-electron chi connectivity index (χ3n) is 22.5. The first-order chi connectivity index (χ1) is 60.8. The summed E-state index contributed by atoms with van der Waals surface area (Å²) in [6.45, 7) is 16.8. The third-order valence-corrected chi connectivity index (χ3v) is 28.7. The Kier molecular flexibility index (Phi) is 22.8.